The second-order valence-electron chi connectivity index (χ2n) is 6.79. The van der Waals surface area contributed by atoms with Gasteiger partial charge < -0.3 is 14.3 Å². The minimum Gasteiger partial charge on any atom is -0.424 e. The highest BCUT2D eigenvalue weighted by molar-refractivity contribution is 5.75. The predicted molar refractivity (Wildman–Crippen MR) is 95.3 cm³/mol. The molecule has 0 amide bonds. The van der Waals surface area contributed by atoms with Crippen molar-refractivity contribution in [1.82, 2.24) is 14.5 Å². The summed E-state index contributed by atoms with van der Waals surface area (Å²) in [6.45, 7) is 6.27. The highest BCUT2D eigenvalue weighted by Crippen LogP contribution is 2.22. The van der Waals surface area contributed by atoms with E-state index in [2.05, 4.69) is 40.1 Å². The molecule has 4 rings (SSSR count). The highest BCUT2D eigenvalue weighted by Gasteiger charge is 2.17. The molecule has 126 valence electrons. The maximum Gasteiger partial charge on any atom is 0.295 e. The first-order chi connectivity index (χ1) is 11.7. The van der Waals surface area contributed by atoms with Crippen LogP contribution in [0.2, 0.25) is 0 Å². The van der Waals surface area contributed by atoms with E-state index in [4.69, 9.17) is 9.40 Å². The van der Waals surface area contributed by atoms with E-state index >= 15 is 0 Å². The Kier molecular flexibility index (Phi) is 4.00. The Morgan fingerprint density at radius 1 is 1.29 bits per heavy atom. The van der Waals surface area contributed by atoms with Crippen LogP contribution < -0.4 is 5.32 Å². The van der Waals surface area contributed by atoms with Gasteiger partial charge in [0.1, 0.15) is 11.3 Å². The van der Waals surface area contributed by atoms with Crippen LogP contribution in [0.25, 0.3) is 11.1 Å². The molecule has 3 heterocycles. The molecule has 1 N–H and O–H groups in total. The van der Waals surface area contributed by atoms with Gasteiger partial charge in [-0.25, -0.2) is 4.98 Å². The molecule has 3 aromatic rings. The number of fused-ring (bicyclic) bond motifs is 2. The van der Waals surface area contributed by atoms with Gasteiger partial charge in [0.2, 0.25) is 0 Å². The summed E-state index contributed by atoms with van der Waals surface area (Å²) in [5.74, 6) is 2.01. The fourth-order valence-corrected chi connectivity index (χ4v) is 3.39. The van der Waals surface area contributed by atoms with Gasteiger partial charge >= 0.3 is 0 Å². The zero-order valence-electron chi connectivity index (χ0n) is 14.4. The molecule has 1 unspecified atom stereocenters. The van der Waals surface area contributed by atoms with Crippen molar-refractivity contribution in [3.63, 3.8) is 0 Å². The Labute approximate surface area is 142 Å². The quantitative estimate of drug-likeness (QED) is 0.775. The lowest BCUT2D eigenvalue weighted by atomic mass is 10.0. The number of oxazole rings is 1. The highest BCUT2D eigenvalue weighted by atomic mass is 16.4. The smallest absolute Gasteiger partial charge is 0.295 e. The van der Waals surface area contributed by atoms with Crippen LogP contribution in [-0.4, -0.2) is 21.1 Å². The molecule has 24 heavy (non-hydrogen) atoms. The zero-order valence-corrected chi connectivity index (χ0v) is 14.4. The minimum absolute atomic E-state index is 0.598. The number of nitrogens with one attached hydrogen (secondary N) is 1. The molecule has 0 saturated carbocycles. The summed E-state index contributed by atoms with van der Waals surface area (Å²) in [5.41, 5.74) is 4.22. The van der Waals surface area contributed by atoms with Gasteiger partial charge in [0.15, 0.2) is 5.58 Å². The summed E-state index contributed by atoms with van der Waals surface area (Å²) in [5, 5.41) is 3.12. The fraction of sp³-hybridized carbons (Fsp3) is 0.474. The van der Waals surface area contributed by atoms with E-state index in [1.54, 1.807) is 0 Å². The Bertz CT molecular complexity index is 848. The first-order valence-electron chi connectivity index (χ1n) is 8.89. The third kappa shape index (κ3) is 3.03. The topological polar surface area (TPSA) is 55.9 Å². The Balaban J connectivity index is 1.46. The van der Waals surface area contributed by atoms with E-state index < -0.39 is 0 Å². The van der Waals surface area contributed by atoms with Crippen molar-refractivity contribution in [1.29, 1.82) is 0 Å². The first kappa shape index (κ1) is 15.2. The molecule has 2 aromatic heterocycles. The van der Waals surface area contributed by atoms with Gasteiger partial charge in [-0.05, 0) is 49.8 Å². The molecular formula is C19H24N4O. The molecule has 1 aromatic carbocycles. The molecule has 0 fully saturated rings. The first-order valence-corrected chi connectivity index (χ1v) is 8.89. The lowest BCUT2D eigenvalue weighted by Crippen LogP contribution is -2.16. The number of nitrogens with zero attached hydrogens (tertiary/aromatic N) is 3. The number of anilines is 1. The van der Waals surface area contributed by atoms with Crippen LogP contribution in [0.5, 0.6) is 0 Å². The number of rotatable bonds is 5. The molecule has 5 nitrogen and oxygen atoms in total. The van der Waals surface area contributed by atoms with Crippen molar-refractivity contribution in [3.05, 3.63) is 41.5 Å². The summed E-state index contributed by atoms with van der Waals surface area (Å²) in [7, 11) is 0. The van der Waals surface area contributed by atoms with Gasteiger partial charge in [-0.1, -0.05) is 13.0 Å². The monoisotopic (exact) mass is 324 g/mol. The molecule has 0 saturated heterocycles. The van der Waals surface area contributed by atoms with Gasteiger partial charge in [-0.3, -0.25) is 0 Å². The fourth-order valence-electron chi connectivity index (χ4n) is 3.39. The van der Waals surface area contributed by atoms with E-state index in [-0.39, 0.29) is 0 Å². The number of aromatic nitrogens is 3. The number of hydrogen-bond donors (Lipinski definition) is 1. The van der Waals surface area contributed by atoms with E-state index in [9.17, 15) is 0 Å². The number of imidazole rings is 1. The summed E-state index contributed by atoms with van der Waals surface area (Å²) < 4.78 is 8.07. The lowest BCUT2D eigenvalue weighted by molar-refractivity contribution is 0.409. The Morgan fingerprint density at radius 3 is 3.08 bits per heavy atom. The SMILES string of the molecule is CCNc1nc2ccc(CCc3cn4c(n3)CC(C)CC4)cc2o1. The number of benzene rings is 1. The number of aryl methyl sites for hydroxylation is 3. The van der Waals surface area contributed by atoms with E-state index in [0.717, 1.165) is 49.4 Å². The second kappa shape index (κ2) is 6.30. The molecule has 0 radical (unpaired) electrons. The average Bonchev–Trinajstić information content (AvgIpc) is 3.15. The van der Waals surface area contributed by atoms with Crippen LogP contribution in [0, 0.1) is 5.92 Å². The molecular weight excluding hydrogens is 300 g/mol. The van der Waals surface area contributed by atoms with Crippen molar-refractivity contribution in [2.75, 3.05) is 11.9 Å². The van der Waals surface area contributed by atoms with E-state index in [0.29, 0.717) is 6.01 Å². The van der Waals surface area contributed by atoms with Gasteiger partial charge in [0, 0.05) is 25.7 Å². The van der Waals surface area contributed by atoms with Crippen molar-refractivity contribution in [2.24, 2.45) is 5.92 Å². The van der Waals surface area contributed by atoms with Crippen molar-refractivity contribution >= 4 is 17.1 Å². The molecule has 1 aliphatic rings. The maximum absolute atomic E-state index is 5.74. The lowest BCUT2D eigenvalue weighted by Gasteiger charge is -2.18. The molecule has 1 atom stereocenters. The number of hydrogen-bond acceptors (Lipinski definition) is 4. The van der Waals surface area contributed by atoms with Crippen molar-refractivity contribution in [2.45, 2.75) is 46.1 Å². The Hall–Kier alpha value is -2.30. The van der Waals surface area contributed by atoms with Crippen LogP contribution in [0.3, 0.4) is 0 Å². The van der Waals surface area contributed by atoms with Crippen molar-refractivity contribution in [3.8, 4) is 0 Å². The normalized spacial score (nSPS) is 17.2. The van der Waals surface area contributed by atoms with Crippen LogP contribution >= 0.6 is 0 Å². The third-order valence-corrected chi connectivity index (χ3v) is 4.75. The van der Waals surface area contributed by atoms with Crippen molar-refractivity contribution < 1.29 is 4.42 Å². The van der Waals surface area contributed by atoms with Gasteiger partial charge in [-0.2, -0.15) is 4.98 Å². The average molecular weight is 324 g/mol. The predicted octanol–water partition coefficient (Wildman–Crippen LogP) is 3.82. The molecule has 5 heteroatoms. The standard InChI is InChI=1S/C19H24N4O/c1-3-20-19-22-16-7-5-14(11-17(16)24-19)4-6-15-12-23-9-8-13(2)10-18(23)21-15/h5,7,11-13H,3-4,6,8-10H2,1-2H3,(H,20,22). The van der Waals surface area contributed by atoms with Crippen LogP contribution in [0.15, 0.2) is 28.8 Å². The van der Waals surface area contributed by atoms with E-state index in [1.807, 2.05) is 13.0 Å². The molecule has 1 aliphatic heterocycles. The van der Waals surface area contributed by atoms with Gasteiger partial charge in [-0.15, -0.1) is 0 Å². The van der Waals surface area contributed by atoms with Gasteiger partial charge in [0.05, 0.1) is 5.69 Å². The largest absolute Gasteiger partial charge is 0.424 e. The second-order valence-corrected chi connectivity index (χ2v) is 6.79. The summed E-state index contributed by atoms with van der Waals surface area (Å²) in [4.78, 5) is 9.24. The van der Waals surface area contributed by atoms with Gasteiger partial charge in [0.25, 0.3) is 6.01 Å². The van der Waals surface area contributed by atoms with Crippen LogP contribution in [0.1, 0.15) is 37.4 Å². The molecule has 0 bridgehead atoms. The third-order valence-electron chi connectivity index (χ3n) is 4.75. The summed E-state index contributed by atoms with van der Waals surface area (Å²) >= 11 is 0. The maximum atomic E-state index is 5.74. The summed E-state index contributed by atoms with van der Waals surface area (Å²) in [6, 6.07) is 6.87. The summed E-state index contributed by atoms with van der Waals surface area (Å²) in [6.07, 6.45) is 6.54. The molecule has 0 spiro atoms. The van der Waals surface area contributed by atoms with E-state index in [1.165, 1.54) is 23.5 Å². The molecule has 0 aliphatic carbocycles. The van der Waals surface area contributed by atoms with Crippen LogP contribution in [-0.2, 0) is 25.8 Å². The minimum atomic E-state index is 0.598. The Morgan fingerprint density at radius 2 is 2.21 bits per heavy atom. The zero-order chi connectivity index (χ0) is 16.5. The van der Waals surface area contributed by atoms with Crippen LogP contribution in [0.4, 0.5) is 6.01 Å².